The molecule has 0 aliphatic carbocycles. The van der Waals surface area contributed by atoms with Gasteiger partial charge in [-0.3, -0.25) is 14.9 Å². The fourth-order valence-electron chi connectivity index (χ4n) is 1.95. The molecule has 2 rings (SSSR count). The van der Waals surface area contributed by atoms with Crippen molar-refractivity contribution in [2.24, 2.45) is 5.14 Å². The average Bonchev–Trinajstić information content (AvgIpc) is 2.71. The molecule has 2 N–H and O–H groups in total. The van der Waals surface area contributed by atoms with Crippen molar-refractivity contribution in [2.75, 3.05) is 11.4 Å². The first kappa shape index (κ1) is 14.9. The number of nitrogens with zero attached hydrogens (tertiary/aromatic N) is 2. The Kier molecular flexibility index (Phi) is 3.80. The molecular weight excluding hydrogens is 354 g/mol. The van der Waals surface area contributed by atoms with E-state index in [0.29, 0.717) is 4.47 Å². The lowest BCUT2D eigenvalue weighted by molar-refractivity contribution is -0.384. The standard InChI is InChI=1S/C10H10BrN3O5S/c11-8-2-1-6(14(16)17)3-9(8)13-5-7(4-10(13)15)20(12,18)19/h1-3,7H,4-5H2,(H2,12,18,19). The number of rotatable bonds is 3. The second-order valence-corrected chi connectivity index (χ2v) is 7.01. The number of sulfonamides is 1. The molecule has 0 aromatic heterocycles. The molecule has 1 amide bonds. The lowest BCUT2D eigenvalue weighted by atomic mass is 10.2. The topological polar surface area (TPSA) is 124 Å². The molecule has 0 radical (unpaired) electrons. The number of halogens is 1. The molecule has 1 unspecified atom stereocenters. The van der Waals surface area contributed by atoms with Crippen molar-refractivity contribution in [3.05, 3.63) is 32.8 Å². The van der Waals surface area contributed by atoms with Gasteiger partial charge in [-0.15, -0.1) is 0 Å². The Morgan fingerprint density at radius 1 is 1.45 bits per heavy atom. The summed E-state index contributed by atoms with van der Waals surface area (Å²) in [5, 5.41) is 14.8. The molecule has 1 heterocycles. The first-order chi connectivity index (χ1) is 9.20. The number of benzene rings is 1. The zero-order valence-corrected chi connectivity index (χ0v) is 12.4. The number of carbonyl (C=O) groups excluding carboxylic acids is 1. The third-order valence-corrected chi connectivity index (χ3v) is 4.90. The van der Waals surface area contributed by atoms with E-state index in [0.717, 1.165) is 0 Å². The molecule has 108 valence electrons. The van der Waals surface area contributed by atoms with Crippen LogP contribution in [0.2, 0.25) is 0 Å². The van der Waals surface area contributed by atoms with Gasteiger partial charge in [-0.25, -0.2) is 13.6 Å². The number of nitrogens with two attached hydrogens (primary N) is 1. The van der Waals surface area contributed by atoms with Gasteiger partial charge in [-0.05, 0) is 22.0 Å². The fourth-order valence-corrected chi connectivity index (χ4v) is 3.14. The second kappa shape index (κ2) is 5.11. The summed E-state index contributed by atoms with van der Waals surface area (Å²) >= 11 is 3.19. The molecule has 1 aromatic carbocycles. The Balaban J connectivity index is 2.40. The molecule has 1 fully saturated rings. The zero-order valence-electron chi connectivity index (χ0n) is 10.0. The highest BCUT2D eigenvalue weighted by Crippen LogP contribution is 2.33. The minimum atomic E-state index is -3.83. The highest BCUT2D eigenvalue weighted by atomic mass is 79.9. The van der Waals surface area contributed by atoms with Crippen molar-refractivity contribution in [3.8, 4) is 0 Å². The van der Waals surface area contributed by atoms with Gasteiger partial charge < -0.3 is 4.90 Å². The van der Waals surface area contributed by atoms with Gasteiger partial charge in [-0.1, -0.05) is 0 Å². The largest absolute Gasteiger partial charge is 0.310 e. The number of primary sulfonamides is 1. The van der Waals surface area contributed by atoms with Crippen molar-refractivity contribution in [1.29, 1.82) is 0 Å². The number of nitro groups is 1. The van der Waals surface area contributed by atoms with E-state index in [2.05, 4.69) is 15.9 Å². The second-order valence-electron chi connectivity index (χ2n) is 4.31. The van der Waals surface area contributed by atoms with E-state index in [4.69, 9.17) is 5.14 Å². The van der Waals surface area contributed by atoms with Crippen molar-refractivity contribution in [1.82, 2.24) is 0 Å². The fraction of sp³-hybridized carbons (Fsp3) is 0.300. The number of carbonyl (C=O) groups is 1. The number of nitro benzene ring substituents is 1. The molecule has 10 heteroatoms. The number of anilines is 1. The highest BCUT2D eigenvalue weighted by molar-refractivity contribution is 9.10. The van der Waals surface area contributed by atoms with Crippen LogP contribution in [0.4, 0.5) is 11.4 Å². The number of hydrogen-bond donors (Lipinski definition) is 1. The summed E-state index contributed by atoms with van der Waals surface area (Å²) in [5.74, 6) is -0.440. The van der Waals surface area contributed by atoms with Gasteiger partial charge in [0.15, 0.2) is 0 Å². The van der Waals surface area contributed by atoms with Crippen LogP contribution >= 0.6 is 15.9 Å². The van der Waals surface area contributed by atoms with E-state index >= 15 is 0 Å². The average molecular weight is 364 g/mol. The maximum absolute atomic E-state index is 11.9. The van der Waals surface area contributed by atoms with Gasteiger partial charge in [0.2, 0.25) is 15.9 Å². The van der Waals surface area contributed by atoms with E-state index in [1.54, 1.807) is 0 Å². The van der Waals surface area contributed by atoms with Gasteiger partial charge in [0.1, 0.15) is 5.25 Å². The molecule has 0 saturated carbocycles. The Hall–Kier alpha value is -1.52. The van der Waals surface area contributed by atoms with Crippen molar-refractivity contribution in [3.63, 3.8) is 0 Å². The third-order valence-electron chi connectivity index (χ3n) is 2.99. The summed E-state index contributed by atoms with van der Waals surface area (Å²) < 4.78 is 23.1. The van der Waals surface area contributed by atoms with Gasteiger partial charge in [-0.2, -0.15) is 0 Å². The van der Waals surface area contributed by atoms with Crippen LogP contribution in [-0.4, -0.2) is 31.0 Å². The molecule has 1 atom stereocenters. The molecule has 1 aliphatic rings. The van der Waals surface area contributed by atoms with E-state index in [1.807, 2.05) is 0 Å². The molecule has 0 bridgehead atoms. The van der Waals surface area contributed by atoms with Crippen LogP contribution in [-0.2, 0) is 14.8 Å². The summed E-state index contributed by atoms with van der Waals surface area (Å²) in [7, 11) is -3.83. The number of non-ortho nitro benzene ring substituents is 1. The quantitative estimate of drug-likeness (QED) is 0.626. The number of amides is 1. The normalized spacial score (nSPS) is 19.4. The van der Waals surface area contributed by atoms with Crippen molar-refractivity contribution < 1.29 is 18.1 Å². The van der Waals surface area contributed by atoms with Gasteiger partial charge in [0.05, 0.1) is 10.6 Å². The predicted molar refractivity (Wildman–Crippen MR) is 74.7 cm³/mol. The summed E-state index contributed by atoms with van der Waals surface area (Å²) in [6.45, 7) is -0.114. The van der Waals surface area contributed by atoms with E-state index < -0.39 is 26.1 Å². The molecule has 20 heavy (non-hydrogen) atoms. The van der Waals surface area contributed by atoms with Crippen LogP contribution in [0.3, 0.4) is 0 Å². The molecule has 1 saturated heterocycles. The van der Waals surface area contributed by atoms with E-state index in [9.17, 15) is 23.3 Å². The summed E-state index contributed by atoms with van der Waals surface area (Å²) in [6.07, 6.45) is -0.228. The lowest BCUT2D eigenvalue weighted by Gasteiger charge is -2.17. The third kappa shape index (κ3) is 2.81. The molecule has 8 nitrogen and oxygen atoms in total. The van der Waals surface area contributed by atoms with Gasteiger partial charge >= 0.3 is 0 Å². The molecule has 1 aromatic rings. The summed E-state index contributed by atoms with van der Waals surface area (Å²) in [5.41, 5.74) is 0.0744. The van der Waals surface area contributed by atoms with Crippen molar-refractivity contribution >= 4 is 43.2 Å². The van der Waals surface area contributed by atoms with Crippen LogP contribution in [0.15, 0.2) is 22.7 Å². The van der Waals surface area contributed by atoms with E-state index in [1.165, 1.54) is 23.1 Å². The molecule has 0 spiro atoms. The molecular formula is C10H10BrN3O5S. The van der Waals surface area contributed by atoms with E-state index in [-0.39, 0.29) is 24.3 Å². The molecule has 1 aliphatic heterocycles. The Bertz CT molecular complexity index is 690. The lowest BCUT2D eigenvalue weighted by Crippen LogP contribution is -2.32. The maximum atomic E-state index is 11.9. The number of hydrogen-bond acceptors (Lipinski definition) is 5. The Morgan fingerprint density at radius 2 is 2.10 bits per heavy atom. The van der Waals surface area contributed by atoms with Crippen LogP contribution in [0, 0.1) is 10.1 Å². The van der Waals surface area contributed by atoms with Crippen LogP contribution in [0.5, 0.6) is 0 Å². The predicted octanol–water partition coefficient (Wildman–Crippen LogP) is 0.751. The van der Waals surface area contributed by atoms with Gasteiger partial charge in [0.25, 0.3) is 5.69 Å². The van der Waals surface area contributed by atoms with Crippen LogP contribution in [0.25, 0.3) is 0 Å². The van der Waals surface area contributed by atoms with Crippen molar-refractivity contribution in [2.45, 2.75) is 11.7 Å². The van der Waals surface area contributed by atoms with Crippen LogP contribution in [0.1, 0.15) is 6.42 Å². The summed E-state index contributed by atoms with van der Waals surface area (Å²) in [4.78, 5) is 23.2. The maximum Gasteiger partial charge on any atom is 0.271 e. The minimum Gasteiger partial charge on any atom is -0.310 e. The Morgan fingerprint density at radius 3 is 2.60 bits per heavy atom. The Labute approximate surface area is 122 Å². The summed E-state index contributed by atoms with van der Waals surface area (Å²) in [6, 6.07) is 3.93. The first-order valence-electron chi connectivity index (χ1n) is 5.46. The van der Waals surface area contributed by atoms with Crippen LogP contribution < -0.4 is 10.0 Å². The van der Waals surface area contributed by atoms with Gasteiger partial charge in [0, 0.05) is 29.6 Å². The first-order valence-corrected chi connectivity index (χ1v) is 7.86. The minimum absolute atomic E-state index is 0.114. The highest BCUT2D eigenvalue weighted by Gasteiger charge is 2.38. The zero-order chi connectivity index (χ0) is 15.1. The SMILES string of the molecule is NS(=O)(=O)C1CC(=O)N(c2cc([N+](=O)[O-])ccc2Br)C1. The smallest absolute Gasteiger partial charge is 0.271 e. The monoisotopic (exact) mass is 363 g/mol.